The van der Waals surface area contributed by atoms with Crippen LogP contribution < -0.4 is 5.32 Å². The van der Waals surface area contributed by atoms with Crippen LogP contribution in [0.2, 0.25) is 0 Å². The maximum atomic E-state index is 11.8. The minimum atomic E-state index is -2.98. The zero-order valence-electron chi connectivity index (χ0n) is 9.42. The fourth-order valence-corrected chi connectivity index (χ4v) is 3.56. The normalized spacial score (nSPS) is 22.3. The number of sulfone groups is 1. The van der Waals surface area contributed by atoms with Gasteiger partial charge < -0.3 is 9.32 Å². The van der Waals surface area contributed by atoms with Crippen LogP contribution in [0.4, 0.5) is 10.7 Å². The van der Waals surface area contributed by atoms with Gasteiger partial charge in [0.2, 0.25) is 5.88 Å². The average Bonchev–Trinajstić information content (AvgIpc) is 2.86. The van der Waals surface area contributed by atoms with Gasteiger partial charge in [-0.3, -0.25) is 5.32 Å². The number of anilines is 1. The van der Waals surface area contributed by atoms with E-state index in [1.807, 2.05) is 0 Å². The predicted molar refractivity (Wildman–Crippen MR) is 62.5 cm³/mol. The number of nitrogens with zero attached hydrogens (tertiary/aromatic N) is 1. The minimum Gasteiger partial charge on any atom is -0.449 e. The van der Waals surface area contributed by atoms with Crippen LogP contribution in [0.3, 0.4) is 0 Å². The summed E-state index contributed by atoms with van der Waals surface area (Å²) in [6.07, 6.45) is 1.94. The Morgan fingerprint density at radius 2 is 2.35 bits per heavy atom. The highest BCUT2D eigenvalue weighted by Crippen LogP contribution is 2.17. The zero-order chi connectivity index (χ0) is 12.5. The third-order valence-corrected chi connectivity index (χ3v) is 4.58. The van der Waals surface area contributed by atoms with Gasteiger partial charge in [0.1, 0.15) is 0 Å². The summed E-state index contributed by atoms with van der Waals surface area (Å²) in [5, 5.41) is 2.55. The molecule has 1 atom stereocenters. The lowest BCUT2D eigenvalue weighted by atomic mass is 10.2. The second kappa shape index (κ2) is 4.40. The summed E-state index contributed by atoms with van der Waals surface area (Å²) in [4.78, 5) is 13.2. The Morgan fingerprint density at radius 3 is 2.88 bits per heavy atom. The average molecular weight is 258 g/mol. The van der Waals surface area contributed by atoms with Crippen molar-refractivity contribution in [2.45, 2.75) is 12.5 Å². The number of rotatable bonds is 2. The topological polar surface area (TPSA) is 79.6 Å². The van der Waals surface area contributed by atoms with Crippen molar-refractivity contribution in [1.29, 1.82) is 0 Å². The lowest BCUT2D eigenvalue weighted by molar-refractivity contribution is 0.208. The molecule has 1 fully saturated rings. The summed E-state index contributed by atoms with van der Waals surface area (Å²) in [6, 6.07) is 2.67. The molecule has 1 saturated heterocycles. The largest absolute Gasteiger partial charge is 0.449 e. The Balaban J connectivity index is 1.96. The maximum Gasteiger partial charge on any atom is 0.324 e. The van der Waals surface area contributed by atoms with Crippen LogP contribution in [-0.2, 0) is 9.84 Å². The fraction of sp³-hybridized carbons (Fsp3) is 0.500. The van der Waals surface area contributed by atoms with Crippen molar-refractivity contribution in [3.05, 3.63) is 18.4 Å². The molecule has 0 spiro atoms. The number of amides is 2. The lowest BCUT2D eigenvalue weighted by Crippen LogP contribution is -2.40. The Kier molecular flexibility index (Phi) is 3.10. The molecule has 0 saturated carbocycles. The Bertz CT molecular complexity index is 494. The van der Waals surface area contributed by atoms with Crippen LogP contribution in [0.5, 0.6) is 0 Å². The second-order valence-corrected chi connectivity index (χ2v) is 6.30. The van der Waals surface area contributed by atoms with Crippen LogP contribution in [0.1, 0.15) is 6.42 Å². The highest BCUT2D eigenvalue weighted by atomic mass is 32.2. The van der Waals surface area contributed by atoms with Crippen molar-refractivity contribution in [3.8, 4) is 0 Å². The molecule has 2 heterocycles. The number of hydrogen-bond acceptors (Lipinski definition) is 4. The molecule has 1 aromatic rings. The van der Waals surface area contributed by atoms with Gasteiger partial charge in [-0.05, 0) is 12.5 Å². The van der Waals surface area contributed by atoms with Gasteiger partial charge in [-0.25, -0.2) is 13.2 Å². The van der Waals surface area contributed by atoms with E-state index in [9.17, 15) is 13.2 Å². The van der Waals surface area contributed by atoms with Crippen LogP contribution in [0, 0.1) is 0 Å². The van der Waals surface area contributed by atoms with Gasteiger partial charge in [0.15, 0.2) is 9.84 Å². The number of nitrogens with one attached hydrogen (secondary N) is 1. The summed E-state index contributed by atoms with van der Waals surface area (Å²) in [7, 11) is -1.39. The van der Waals surface area contributed by atoms with Gasteiger partial charge in [-0.1, -0.05) is 0 Å². The molecule has 1 aromatic heterocycles. The van der Waals surface area contributed by atoms with E-state index in [4.69, 9.17) is 4.42 Å². The maximum absolute atomic E-state index is 11.8. The highest BCUT2D eigenvalue weighted by Gasteiger charge is 2.32. The molecule has 2 amide bonds. The van der Waals surface area contributed by atoms with Gasteiger partial charge in [0.05, 0.1) is 17.8 Å². The minimum absolute atomic E-state index is 0.0368. The molecule has 2 rings (SSSR count). The first-order valence-electron chi connectivity index (χ1n) is 5.26. The van der Waals surface area contributed by atoms with Crippen LogP contribution in [0.25, 0.3) is 0 Å². The second-order valence-electron chi connectivity index (χ2n) is 4.08. The van der Waals surface area contributed by atoms with Gasteiger partial charge >= 0.3 is 6.03 Å². The molecule has 1 aliphatic rings. The number of urea groups is 1. The third kappa shape index (κ3) is 2.79. The van der Waals surface area contributed by atoms with E-state index in [-0.39, 0.29) is 23.6 Å². The van der Waals surface area contributed by atoms with Crippen molar-refractivity contribution in [2.75, 3.05) is 23.9 Å². The summed E-state index contributed by atoms with van der Waals surface area (Å²) < 4.78 is 27.6. The number of furan rings is 1. The van der Waals surface area contributed by atoms with E-state index in [0.717, 1.165) is 0 Å². The molecule has 1 unspecified atom stereocenters. The Labute approximate surface area is 99.5 Å². The zero-order valence-corrected chi connectivity index (χ0v) is 10.2. The molecule has 0 aliphatic carbocycles. The molecule has 94 valence electrons. The van der Waals surface area contributed by atoms with E-state index in [1.165, 1.54) is 11.2 Å². The van der Waals surface area contributed by atoms with E-state index in [0.29, 0.717) is 12.3 Å². The summed E-state index contributed by atoms with van der Waals surface area (Å²) in [5.74, 6) is 0.535. The molecule has 1 N–H and O–H groups in total. The quantitative estimate of drug-likeness (QED) is 0.855. The standard InChI is InChI=1S/C10H14N2O4S/c1-12(8-4-6-17(14,15)7-8)10(13)11-9-3-2-5-16-9/h2-3,5,8H,4,6-7H2,1H3,(H,11,13). The number of carbonyl (C=O) groups is 1. The van der Waals surface area contributed by atoms with Crippen LogP contribution in [0.15, 0.2) is 22.8 Å². The van der Waals surface area contributed by atoms with E-state index >= 15 is 0 Å². The molecular weight excluding hydrogens is 244 g/mol. The third-order valence-electron chi connectivity index (χ3n) is 2.83. The molecule has 17 heavy (non-hydrogen) atoms. The molecule has 0 bridgehead atoms. The van der Waals surface area contributed by atoms with E-state index in [1.54, 1.807) is 19.2 Å². The van der Waals surface area contributed by atoms with Crippen molar-refractivity contribution in [1.82, 2.24) is 4.90 Å². The Hall–Kier alpha value is -1.50. The van der Waals surface area contributed by atoms with Crippen molar-refractivity contribution >= 4 is 21.8 Å². The smallest absolute Gasteiger partial charge is 0.324 e. The lowest BCUT2D eigenvalue weighted by Gasteiger charge is -2.22. The van der Waals surface area contributed by atoms with E-state index in [2.05, 4.69) is 5.32 Å². The van der Waals surface area contributed by atoms with E-state index < -0.39 is 9.84 Å². The number of carbonyl (C=O) groups excluding carboxylic acids is 1. The molecule has 0 aromatic carbocycles. The number of hydrogen-bond donors (Lipinski definition) is 1. The predicted octanol–water partition coefficient (Wildman–Crippen LogP) is 0.930. The van der Waals surface area contributed by atoms with Crippen LogP contribution in [-0.4, -0.2) is 43.9 Å². The molecule has 6 nitrogen and oxygen atoms in total. The first-order valence-corrected chi connectivity index (χ1v) is 7.08. The van der Waals surface area contributed by atoms with Gasteiger partial charge in [0.25, 0.3) is 0 Å². The molecule has 1 aliphatic heterocycles. The summed E-state index contributed by atoms with van der Waals surface area (Å²) in [6.45, 7) is 0. The molecular formula is C10H14N2O4S. The molecule has 7 heteroatoms. The molecule has 0 radical (unpaired) electrons. The van der Waals surface area contributed by atoms with Crippen molar-refractivity contribution in [2.24, 2.45) is 0 Å². The SMILES string of the molecule is CN(C(=O)Nc1ccco1)C1CCS(=O)(=O)C1. The Morgan fingerprint density at radius 1 is 1.59 bits per heavy atom. The summed E-state index contributed by atoms with van der Waals surface area (Å²) >= 11 is 0. The van der Waals surface area contributed by atoms with Gasteiger partial charge in [-0.2, -0.15) is 0 Å². The van der Waals surface area contributed by atoms with Gasteiger partial charge in [-0.15, -0.1) is 0 Å². The summed E-state index contributed by atoms with van der Waals surface area (Å²) in [5.41, 5.74) is 0. The van der Waals surface area contributed by atoms with Crippen molar-refractivity contribution < 1.29 is 17.6 Å². The fourth-order valence-electron chi connectivity index (χ4n) is 1.79. The first kappa shape index (κ1) is 12.0. The van der Waals surface area contributed by atoms with Crippen molar-refractivity contribution in [3.63, 3.8) is 0 Å². The monoisotopic (exact) mass is 258 g/mol. The first-order chi connectivity index (χ1) is 7.98. The highest BCUT2D eigenvalue weighted by molar-refractivity contribution is 7.91. The van der Waals surface area contributed by atoms with Gasteiger partial charge in [0, 0.05) is 19.2 Å². The van der Waals surface area contributed by atoms with Crippen LogP contribution >= 0.6 is 0 Å².